The molecule has 4 aromatic carbocycles. The second-order valence-electron chi connectivity index (χ2n) is 8.42. The Kier molecular flexibility index (Phi) is 7.70. The van der Waals surface area contributed by atoms with Crippen molar-refractivity contribution in [3.05, 3.63) is 114 Å². The second kappa shape index (κ2) is 11.3. The average molecular weight is 464 g/mol. The fourth-order valence-electron chi connectivity index (χ4n) is 4.06. The fraction of sp³-hybridized carbons (Fsp3) is 0.161. The Hall–Kier alpha value is -4.23. The summed E-state index contributed by atoms with van der Waals surface area (Å²) in [5, 5.41) is 9.19. The largest absolute Gasteiger partial charge is 0.422 e. The van der Waals surface area contributed by atoms with Gasteiger partial charge in [-0.15, -0.1) is 0 Å². The molecule has 35 heavy (non-hydrogen) atoms. The molecule has 0 N–H and O–H groups in total. The summed E-state index contributed by atoms with van der Waals surface area (Å²) in [6.45, 7) is 2.20. The van der Waals surface area contributed by atoms with Crippen LogP contribution < -0.4 is 4.74 Å². The molecule has 0 atom stereocenters. The lowest BCUT2D eigenvalue weighted by atomic mass is 9.91. The van der Waals surface area contributed by atoms with Crippen molar-refractivity contribution in [2.24, 2.45) is 0 Å². The minimum Gasteiger partial charge on any atom is -0.422 e. The van der Waals surface area contributed by atoms with Gasteiger partial charge in [-0.2, -0.15) is 5.26 Å². The first-order valence-corrected chi connectivity index (χ1v) is 11.8. The molecule has 0 aliphatic carbocycles. The van der Waals surface area contributed by atoms with Crippen LogP contribution in [0.5, 0.6) is 5.75 Å². The fourth-order valence-corrected chi connectivity index (χ4v) is 4.06. The molecule has 0 saturated carbocycles. The van der Waals surface area contributed by atoms with Crippen LogP contribution in [0.2, 0.25) is 0 Å². The van der Waals surface area contributed by atoms with Gasteiger partial charge in [0.05, 0.1) is 11.1 Å². The molecule has 0 spiro atoms. The highest BCUT2D eigenvalue weighted by atomic mass is 19.1. The van der Waals surface area contributed by atoms with Crippen molar-refractivity contribution >= 4 is 5.97 Å². The molecule has 4 heteroatoms. The van der Waals surface area contributed by atoms with Crippen LogP contribution in [0.1, 0.15) is 47.7 Å². The van der Waals surface area contributed by atoms with E-state index < -0.39 is 11.8 Å². The van der Waals surface area contributed by atoms with Crippen LogP contribution in [0, 0.1) is 17.1 Å². The molecular weight excluding hydrogens is 437 g/mol. The van der Waals surface area contributed by atoms with Crippen molar-refractivity contribution < 1.29 is 13.9 Å². The monoisotopic (exact) mass is 463 g/mol. The van der Waals surface area contributed by atoms with Gasteiger partial charge in [-0.25, -0.2) is 9.18 Å². The smallest absolute Gasteiger partial charge is 0.343 e. The molecule has 0 saturated heterocycles. The van der Waals surface area contributed by atoms with Crippen LogP contribution in [-0.2, 0) is 6.42 Å². The van der Waals surface area contributed by atoms with Crippen molar-refractivity contribution in [2.75, 3.05) is 0 Å². The zero-order valence-electron chi connectivity index (χ0n) is 19.6. The molecule has 174 valence electrons. The second-order valence-corrected chi connectivity index (χ2v) is 8.42. The number of rotatable bonds is 8. The van der Waals surface area contributed by atoms with Gasteiger partial charge >= 0.3 is 5.97 Å². The molecule has 3 nitrogen and oxygen atoms in total. The van der Waals surface area contributed by atoms with E-state index in [1.807, 2.05) is 36.4 Å². The van der Waals surface area contributed by atoms with E-state index in [0.29, 0.717) is 5.56 Å². The number of carbonyl (C=O) groups is 1. The van der Waals surface area contributed by atoms with Crippen LogP contribution in [0.15, 0.2) is 91.0 Å². The molecule has 0 fully saturated rings. The first-order valence-electron chi connectivity index (χ1n) is 11.8. The first kappa shape index (κ1) is 23.9. The number of carbonyl (C=O) groups excluding carboxylic acids is 1. The summed E-state index contributed by atoms with van der Waals surface area (Å²) in [5.74, 6) is -1.12. The van der Waals surface area contributed by atoms with E-state index in [0.717, 1.165) is 47.2 Å². The molecule has 0 amide bonds. The number of ether oxygens (including phenoxy) is 1. The molecule has 0 bridgehead atoms. The Morgan fingerprint density at radius 2 is 1.60 bits per heavy atom. The van der Waals surface area contributed by atoms with Gasteiger partial charge in [0.2, 0.25) is 0 Å². The van der Waals surface area contributed by atoms with E-state index in [2.05, 4.69) is 37.3 Å². The van der Waals surface area contributed by atoms with Gasteiger partial charge in [0.15, 0.2) is 0 Å². The summed E-state index contributed by atoms with van der Waals surface area (Å²) in [6, 6.07) is 29.4. The Morgan fingerprint density at radius 1 is 0.857 bits per heavy atom. The van der Waals surface area contributed by atoms with Crippen LogP contribution in [0.3, 0.4) is 0 Å². The van der Waals surface area contributed by atoms with Crippen LogP contribution in [0.4, 0.5) is 4.39 Å². The summed E-state index contributed by atoms with van der Waals surface area (Å²) in [4.78, 5) is 12.7. The predicted octanol–water partition coefficient (Wildman–Crippen LogP) is 7.98. The molecule has 4 aromatic rings. The van der Waals surface area contributed by atoms with Crippen molar-refractivity contribution in [3.8, 4) is 34.1 Å². The maximum absolute atomic E-state index is 13.4. The number of hydrogen-bond donors (Lipinski definition) is 0. The van der Waals surface area contributed by atoms with Crippen LogP contribution in [0.25, 0.3) is 22.3 Å². The lowest BCUT2D eigenvalue weighted by Crippen LogP contribution is -2.09. The normalized spacial score (nSPS) is 10.5. The van der Waals surface area contributed by atoms with E-state index >= 15 is 0 Å². The number of halogens is 1. The molecular formula is C31H26FNO2. The summed E-state index contributed by atoms with van der Waals surface area (Å²) >= 11 is 0. The Balaban J connectivity index is 1.63. The Bertz CT molecular complexity index is 1360. The molecule has 0 aromatic heterocycles. The maximum Gasteiger partial charge on any atom is 0.343 e. The van der Waals surface area contributed by atoms with Gasteiger partial charge in [-0.05, 0) is 71.0 Å². The topological polar surface area (TPSA) is 50.1 Å². The molecule has 0 heterocycles. The van der Waals surface area contributed by atoms with Crippen LogP contribution >= 0.6 is 0 Å². The molecule has 4 rings (SSSR count). The van der Waals surface area contributed by atoms with Crippen molar-refractivity contribution in [2.45, 2.75) is 32.6 Å². The lowest BCUT2D eigenvalue weighted by molar-refractivity contribution is 0.0734. The van der Waals surface area contributed by atoms with Gasteiger partial charge in [-0.1, -0.05) is 80.4 Å². The summed E-state index contributed by atoms with van der Waals surface area (Å²) in [5.41, 5.74) is 5.98. The molecule has 0 aliphatic heterocycles. The molecule has 0 radical (unpaired) electrons. The number of esters is 1. The quantitative estimate of drug-likeness (QED) is 0.151. The minimum atomic E-state index is -0.601. The summed E-state index contributed by atoms with van der Waals surface area (Å²) in [7, 11) is 0. The highest BCUT2D eigenvalue weighted by Gasteiger charge is 2.14. The summed E-state index contributed by atoms with van der Waals surface area (Å²) < 4.78 is 18.7. The number of hydrogen-bond acceptors (Lipinski definition) is 3. The maximum atomic E-state index is 13.4. The Morgan fingerprint density at radius 3 is 2.31 bits per heavy atom. The van der Waals surface area contributed by atoms with E-state index in [-0.39, 0.29) is 11.3 Å². The third kappa shape index (κ3) is 5.83. The molecule has 0 aliphatic rings. The zero-order chi connectivity index (χ0) is 24.6. The highest BCUT2D eigenvalue weighted by Crippen LogP contribution is 2.34. The molecule has 0 unspecified atom stereocenters. The first-order chi connectivity index (χ1) is 17.1. The van der Waals surface area contributed by atoms with E-state index in [4.69, 9.17) is 4.74 Å². The van der Waals surface area contributed by atoms with Gasteiger partial charge in [0.25, 0.3) is 0 Å². The van der Waals surface area contributed by atoms with Crippen molar-refractivity contribution in [1.82, 2.24) is 0 Å². The van der Waals surface area contributed by atoms with Crippen LogP contribution in [-0.4, -0.2) is 5.97 Å². The number of unbranched alkanes of at least 4 members (excludes halogenated alkanes) is 2. The van der Waals surface area contributed by atoms with Gasteiger partial charge in [0.1, 0.15) is 17.6 Å². The van der Waals surface area contributed by atoms with Crippen molar-refractivity contribution in [1.29, 1.82) is 5.26 Å². The Labute approximate surface area is 205 Å². The third-order valence-electron chi connectivity index (χ3n) is 5.93. The standard InChI is InChI=1S/C31H26FNO2/c1-2-3-5-8-22-11-17-28(23-9-6-4-7-10-23)29(19-22)24-12-14-25(15-13-24)31(34)35-30-18-16-27(32)20-26(30)21-33/h4,6-7,9-20H,2-3,5,8H2,1H3. The minimum absolute atomic E-state index is 0.0256. The number of benzene rings is 4. The van der Waals surface area contributed by atoms with E-state index in [1.165, 1.54) is 24.5 Å². The highest BCUT2D eigenvalue weighted by molar-refractivity contribution is 5.92. The summed E-state index contributed by atoms with van der Waals surface area (Å²) in [6.07, 6.45) is 4.56. The van der Waals surface area contributed by atoms with Gasteiger partial charge in [0, 0.05) is 0 Å². The zero-order valence-corrected chi connectivity index (χ0v) is 19.6. The predicted molar refractivity (Wildman–Crippen MR) is 137 cm³/mol. The SMILES string of the molecule is CCCCCc1ccc(-c2ccccc2)c(-c2ccc(C(=O)Oc3ccc(F)cc3C#N)cc2)c1. The third-order valence-corrected chi connectivity index (χ3v) is 5.93. The number of aryl methyl sites for hydroxylation is 1. The van der Waals surface area contributed by atoms with E-state index in [1.54, 1.807) is 12.1 Å². The van der Waals surface area contributed by atoms with Gasteiger partial charge in [-0.3, -0.25) is 0 Å². The van der Waals surface area contributed by atoms with Crippen molar-refractivity contribution in [3.63, 3.8) is 0 Å². The van der Waals surface area contributed by atoms with E-state index in [9.17, 15) is 14.4 Å². The number of nitriles is 1. The lowest BCUT2D eigenvalue weighted by Gasteiger charge is -2.14. The van der Waals surface area contributed by atoms with Gasteiger partial charge < -0.3 is 4.74 Å². The average Bonchev–Trinajstić information content (AvgIpc) is 2.90. The number of nitrogens with zero attached hydrogens (tertiary/aromatic N) is 1.